The number of carbonyl (C=O) groups is 1. The Morgan fingerprint density at radius 3 is 2.80 bits per heavy atom. The molecule has 0 unspecified atom stereocenters. The summed E-state index contributed by atoms with van der Waals surface area (Å²) in [5.74, 6) is 0. The van der Waals surface area contributed by atoms with E-state index in [0.29, 0.717) is 18.7 Å². The molecule has 0 fully saturated rings. The maximum Gasteiger partial charge on any atom is 0.410 e. The molecule has 15 heavy (non-hydrogen) atoms. The molecule has 0 atom stereocenters. The molecule has 1 heterocycles. The third kappa shape index (κ3) is 3.62. The van der Waals surface area contributed by atoms with Gasteiger partial charge in [0.05, 0.1) is 12.6 Å². The number of carbonyl (C=O) groups excluding carboxylic acids is 1. The number of hydrogen-bond donors (Lipinski definition) is 0. The van der Waals surface area contributed by atoms with Gasteiger partial charge in [-0.3, -0.25) is 0 Å². The van der Waals surface area contributed by atoms with Gasteiger partial charge >= 0.3 is 6.09 Å². The summed E-state index contributed by atoms with van der Waals surface area (Å²) in [4.78, 5) is 13.2. The molecule has 1 aliphatic heterocycles. The highest BCUT2D eigenvalue weighted by Crippen LogP contribution is 2.14. The summed E-state index contributed by atoms with van der Waals surface area (Å²) >= 11 is 0. The normalized spacial score (nSPS) is 16.7. The molecular weight excluding hydrogens is 192 g/mol. The van der Waals surface area contributed by atoms with Gasteiger partial charge in [0, 0.05) is 12.1 Å². The van der Waals surface area contributed by atoms with Crippen LogP contribution in [0.3, 0.4) is 0 Å². The third-order valence-electron chi connectivity index (χ3n) is 1.95. The molecule has 0 aromatic rings. The molecule has 4 nitrogen and oxygen atoms in total. The van der Waals surface area contributed by atoms with Crippen LogP contribution in [0.4, 0.5) is 4.79 Å². The van der Waals surface area contributed by atoms with Gasteiger partial charge in [-0.2, -0.15) is 5.26 Å². The van der Waals surface area contributed by atoms with Crippen LogP contribution >= 0.6 is 0 Å². The van der Waals surface area contributed by atoms with Gasteiger partial charge in [0.1, 0.15) is 5.60 Å². The number of ether oxygens (including phenoxy) is 1. The maximum absolute atomic E-state index is 11.6. The topological polar surface area (TPSA) is 53.3 Å². The smallest absolute Gasteiger partial charge is 0.410 e. The first-order valence-corrected chi connectivity index (χ1v) is 4.99. The predicted octanol–water partition coefficient (Wildman–Crippen LogP) is 2.08. The lowest BCUT2D eigenvalue weighted by Gasteiger charge is -2.28. The van der Waals surface area contributed by atoms with Crippen LogP contribution in [0.15, 0.2) is 11.6 Å². The molecule has 0 aromatic carbocycles. The Morgan fingerprint density at radius 2 is 2.27 bits per heavy atom. The first-order chi connectivity index (χ1) is 6.92. The summed E-state index contributed by atoms with van der Waals surface area (Å²) in [6.07, 6.45) is 2.24. The Balaban J connectivity index is 2.57. The quantitative estimate of drug-likeness (QED) is 0.612. The van der Waals surface area contributed by atoms with E-state index in [-0.39, 0.29) is 6.09 Å². The third-order valence-corrected chi connectivity index (χ3v) is 1.95. The molecule has 0 aliphatic carbocycles. The van der Waals surface area contributed by atoms with Crippen LogP contribution < -0.4 is 0 Å². The summed E-state index contributed by atoms with van der Waals surface area (Å²) in [7, 11) is 0. The van der Waals surface area contributed by atoms with E-state index in [2.05, 4.69) is 6.07 Å². The molecule has 0 bridgehead atoms. The number of nitriles is 1. The zero-order valence-corrected chi connectivity index (χ0v) is 9.41. The Bertz CT molecular complexity index is 320. The van der Waals surface area contributed by atoms with E-state index in [1.165, 1.54) is 0 Å². The summed E-state index contributed by atoms with van der Waals surface area (Å²) in [5, 5.41) is 8.73. The van der Waals surface area contributed by atoms with Crippen molar-refractivity contribution >= 4 is 6.09 Å². The standard InChI is InChI=1S/C11H16N2O2/c1-11(2,3)15-10(14)13-6-4-5-9(7-12)8-13/h5H,4,6,8H2,1-3H3. The van der Waals surface area contributed by atoms with Crippen molar-refractivity contribution in [3.05, 3.63) is 11.6 Å². The highest BCUT2D eigenvalue weighted by molar-refractivity contribution is 5.69. The van der Waals surface area contributed by atoms with E-state index in [9.17, 15) is 4.79 Å². The molecular formula is C11H16N2O2. The van der Waals surface area contributed by atoms with Crippen LogP contribution in [-0.4, -0.2) is 29.7 Å². The van der Waals surface area contributed by atoms with E-state index >= 15 is 0 Å². The molecule has 0 spiro atoms. The zero-order chi connectivity index (χ0) is 11.5. The molecule has 4 heteroatoms. The molecule has 0 aromatic heterocycles. The van der Waals surface area contributed by atoms with Gasteiger partial charge in [-0.25, -0.2) is 4.79 Å². The fourth-order valence-corrected chi connectivity index (χ4v) is 1.31. The molecule has 0 saturated carbocycles. The number of nitrogens with zero attached hydrogens (tertiary/aromatic N) is 2. The second-order valence-corrected chi connectivity index (χ2v) is 4.53. The van der Waals surface area contributed by atoms with Gasteiger partial charge in [0.25, 0.3) is 0 Å². The van der Waals surface area contributed by atoms with Crippen LogP contribution in [0.2, 0.25) is 0 Å². The molecule has 82 valence electrons. The Labute approximate surface area is 90.1 Å². The lowest BCUT2D eigenvalue weighted by atomic mass is 10.1. The van der Waals surface area contributed by atoms with E-state index in [0.717, 1.165) is 6.42 Å². The van der Waals surface area contributed by atoms with Gasteiger partial charge in [0.2, 0.25) is 0 Å². The minimum absolute atomic E-state index is 0.344. The second-order valence-electron chi connectivity index (χ2n) is 4.53. The zero-order valence-electron chi connectivity index (χ0n) is 9.41. The van der Waals surface area contributed by atoms with Crippen molar-refractivity contribution in [3.8, 4) is 6.07 Å². The van der Waals surface area contributed by atoms with Crippen molar-refractivity contribution < 1.29 is 9.53 Å². The molecule has 0 radical (unpaired) electrons. The van der Waals surface area contributed by atoms with Crippen LogP contribution in [0.1, 0.15) is 27.2 Å². The van der Waals surface area contributed by atoms with Crippen molar-refractivity contribution in [1.82, 2.24) is 4.90 Å². The van der Waals surface area contributed by atoms with E-state index in [4.69, 9.17) is 10.00 Å². The lowest BCUT2D eigenvalue weighted by Crippen LogP contribution is -2.39. The van der Waals surface area contributed by atoms with E-state index < -0.39 is 5.60 Å². The van der Waals surface area contributed by atoms with Crippen molar-refractivity contribution in [2.75, 3.05) is 13.1 Å². The summed E-state index contributed by atoms with van der Waals surface area (Å²) in [6.45, 7) is 6.48. The summed E-state index contributed by atoms with van der Waals surface area (Å²) in [5.41, 5.74) is 0.150. The largest absolute Gasteiger partial charge is 0.444 e. The number of rotatable bonds is 0. The Kier molecular flexibility index (Phi) is 3.35. The average molecular weight is 208 g/mol. The van der Waals surface area contributed by atoms with Crippen molar-refractivity contribution in [3.63, 3.8) is 0 Å². The Hall–Kier alpha value is -1.50. The number of hydrogen-bond acceptors (Lipinski definition) is 3. The lowest BCUT2D eigenvalue weighted by molar-refractivity contribution is 0.0264. The fraction of sp³-hybridized carbons (Fsp3) is 0.636. The SMILES string of the molecule is CC(C)(C)OC(=O)N1CCC=C(C#N)C1. The second kappa shape index (κ2) is 4.35. The van der Waals surface area contributed by atoms with Gasteiger partial charge in [-0.1, -0.05) is 6.08 Å². The van der Waals surface area contributed by atoms with Crippen LogP contribution in [0.5, 0.6) is 0 Å². The minimum atomic E-state index is -0.481. The van der Waals surface area contributed by atoms with E-state index in [1.54, 1.807) is 4.90 Å². The number of amides is 1. The Morgan fingerprint density at radius 1 is 1.60 bits per heavy atom. The molecule has 1 rings (SSSR count). The fourth-order valence-electron chi connectivity index (χ4n) is 1.31. The van der Waals surface area contributed by atoms with Crippen LogP contribution in [0.25, 0.3) is 0 Å². The van der Waals surface area contributed by atoms with Gasteiger partial charge in [0.15, 0.2) is 0 Å². The monoisotopic (exact) mass is 208 g/mol. The van der Waals surface area contributed by atoms with Gasteiger partial charge < -0.3 is 9.64 Å². The van der Waals surface area contributed by atoms with Gasteiger partial charge in [-0.15, -0.1) is 0 Å². The molecule has 1 aliphatic rings. The average Bonchev–Trinajstić information content (AvgIpc) is 2.15. The summed E-state index contributed by atoms with van der Waals surface area (Å²) in [6, 6.07) is 2.06. The molecule has 0 N–H and O–H groups in total. The highest BCUT2D eigenvalue weighted by Gasteiger charge is 2.23. The van der Waals surface area contributed by atoms with Crippen molar-refractivity contribution in [2.24, 2.45) is 0 Å². The maximum atomic E-state index is 11.6. The highest BCUT2D eigenvalue weighted by atomic mass is 16.6. The summed E-state index contributed by atoms with van der Waals surface area (Å²) < 4.78 is 5.22. The van der Waals surface area contributed by atoms with Crippen LogP contribution in [0, 0.1) is 11.3 Å². The van der Waals surface area contributed by atoms with E-state index in [1.807, 2.05) is 26.8 Å². The minimum Gasteiger partial charge on any atom is -0.444 e. The molecule has 1 amide bonds. The first kappa shape index (κ1) is 11.6. The van der Waals surface area contributed by atoms with Crippen molar-refractivity contribution in [2.45, 2.75) is 32.8 Å². The van der Waals surface area contributed by atoms with Gasteiger partial charge in [-0.05, 0) is 27.2 Å². The van der Waals surface area contributed by atoms with Crippen molar-refractivity contribution in [1.29, 1.82) is 5.26 Å². The predicted molar refractivity (Wildman–Crippen MR) is 56.1 cm³/mol. The first-order valence-electron chi connectivity index (χ1n) is 4.99. The molecule has 0 saturated heterocycles. The van der Waals surface area contributed by atoms with Crippen LogP contribution in [-0.2, 0) is 4.74 Å².